The van der Waals surface area contributed by atoms with Crippen molar-refractivity contribution in [1.29, 1.82) is 0 Å². The Balaban J connectivity index is 1.67. The van der Waals surface area contributed by atoms with Gasteiger partial charge >= 0.3 is 6.03 Å². The van der Waals surface area contributed by atoms with E-state index in [-0.39, 0.29) is 12.0 Å². The van der Waals surface area contributed by atoms with Gasteiger partial charge in [-0.25, -0.2) is 4.79 Å². The zero-order chi connectivity index (χ0) is 15.5. The molecule has 0 fully saturated rings. The second-order valence-corrected chi connectivity index (χ2v) is 5.25. The molecule has 0 aliphatic rings. The molecule has 2 N–H and O–H groups in total. The minimum atomic E-state index is -0.366. The SMILES string of the molecule is Cc1ccc(CNC(=O)Nc2nnc3cccc(Cl)n23)cc1. The summed E-state index contributed by atoms with van der Waals surface area (Å²) in [4.78, 5) is 12.0. The molecule has 0 saturated heterocycles. The third kappa shape index (κ3) is 3.01. The summed E-state index contributed by atoms with van der Waals surface area (Å²) < 4.78 is 1.56. The van der Waals surface area contributed by atoms with Crippen molar-refractivity contribution in [1.82, 2.24) is 19.9 Å². The summed E-state index contributed by atoms with van der Waals surface area (Å²) >= 11 is 6.09. The Kier molecular flexibility index (Phi) is 3.93. The first-order valence-electron chi connectivity index (χ1n) is 6.73. The van der Waals surface area contributed by atoms with E-state index in [0.29, 0.717) is 17.3 Å². The van der Waals surface area contributed by atoms with E-state index in [2.05, 4.69) is 20.8 Å². The van der Waals surface area contributed by atoms with Gasteiger partial charge in [-0.2, -0.15) is 0 Å². The monoisotopic (exact) mass is 315 g/mol. The molecule has 7 heteroatoms. The van der Waals surface area contributed by atoms with Crippen molar-refractivity contribution in [3.05, 3.63) is 58.7 Å². The van der Waals surface area contributed by atoms with Crippen LogP contribution in [0.25, 0.3) is 5.65 Å². The molecule has 0 aliphatic carbocycles. The first-order valence-corrected chi connectivity index (χ1v) is 7.11. The minimum absolute atomic E-state index is 0.280. The van der Waals surface area contributed by atoms with Gasteiger partial charge in [-0.15, -0.1) is 10.2 Å². The molecule has 0 bridgehead atoms. The van der Waals surface area contributed by atoms with Crippen molar-refractivity contribution in [3.63, 3.8) is 0 Å². The zero-order valence-corrected chi connectivity index (χ0v) is 12.6. The number of urea groups is 1. The minimum Gasteiger partial charge on any atom is -0.334 e. The van der Waals surface area contributed by atoms with Crippen LogP contribution in [0.1, 0.15) is 11.1 Å². The lowest BCUT2D eigenvalue weighted by Gasteiger charge is -2.07. The Morgan fingerprint density at radius 2 is 1.95 bits per heavy atom. The summed E-state index contributed by atoms with van der Waals surface area (Å²) in [6, 6.07) is 12.8. The van der Waals surface area contributed by atoms with Gasteiger partial charge in [0.2, 0.25) is 5.95 Å². The number of aromatic nitrogens is 3. The smallest absolute Gasteiger partial charge is 0.321 e. The van der Waals surface area contributed by atoms with Crippen molar-refractivity contribution in [2.45, 2.75) is 13.5 Å². The van der Waals surface area contributed by atoms with Crippen LogP contribution in [-0.4, -0.2) is 20.6 Å². The van der Waals surface area contributed by atoms with Gasteiger partial charge in [0, 0.05) is 6.54 Å². The van der Waals surface area contributed by atoms with Crippen LogP contribution in [0, 0.1) is 6.92 Å². The van der Waals surface area contributed by atoms with Crippen molar-refractivity contribution in [3.8, 4) is 0 Å². The molecule has 1 aromatic carbocycles. The molecule has 22 heavy (non-hydrogen) atoms. The van der Waals surface area contributed by atoms with E-state index in [1.165, 1.54) is 5.56 Å². The van der Waals surface area contributed by atoms with E-state index in [1.807, 2.05) is 31.2 Å². The highest BCUT2D eigenvalue weighted by atomic mass is 35.5. The van der Waals surface area contributed by atoms with Gasteiger partial charge in [-0.05, 0) is 24.6 Å². The highest BCUT2D eigenvalue weighted by Gasteiger charge is 2.10. The lowest BCUT2D eigenvalue weighted by atomic mass is 10.1. The maximum atomic E-state index is 12.0. The molecule has 3 aromatic rings. The molecule has 2 amide bonds. The van der Waals surface area contributed by atoms with E-state index < -0.39 is 0 Å². The van der Waals surface area contributed by atoms with E-state index >= 15 is 0 Å². The van der Waals surface area contributed by atoms with Crippen LogP contribution in [0.2, 0.25) is 5.15 Å². The van der Waals surface area contributed by atoms with Crippen LogP contribution >= 0.6 is 11.6 Å². The molecular weight excluding hydrogens is 302 g/mol. The Hall–Kier alpha value is -2.60. The number of benzene rings is 1. The maximum absolute atomic E-state index is 12.0. The molecule has 0 radical (unpaired) electrons. The highest BCUT2D eigenvalue weighted by Crippen LogP contribution is 2.16. The molecule has 6 nitrogen and oxygen atoms in total. The third-order valence-electron chi connectivity index (χ3n) is 3.18. The lowest BCUT2D eigenvalue weighted by Crippen LogP contribution is -2.29. The average molecular weight is 316 g/mol. The van der Waals surface area contributed by atoms with Crippen molar-refractivity contribution < 1.29 is 4.79 Å². The van der Waals surface area contributed by atoms with Gasteiger partial charge in [-0.3, -0.25) is 9.72 Å². The number of nitrogens with zero attached hydrogens (tertiary/aromatic N) is 3. The number of halogens is 1. The molecular formula is C15H14ClN5O. The fourth-order valence-electron chi connectivity index (χ4n) is 2.02. The number of anilines is 1. The van der Waals surface area contributed by atoms with E-state index in [0.717, 1.165) is 5.56 Å². The van der Waals surface area contributed by atoms with Gasteiger partial charge in [-0.1, -0.05) is 47.5 Å². The predicted molar refractivity (Wildman–Crippen MR) is 85.0 cm³/mol. The highest BCUT2D eigenvalue weighted by molar-refractivity contribution is 6.29. The van der Waals surface area contributed by atoms with E-state index in [4.69, 9.17) is 11.6 Å². The Morgan fingerprint density at radius 1 is 1.18 bits per heavy atom. The number of aryl methyl sites for hydroxylation is 1. The summed E-state index contributed by atoms with van der Waals surface area (Å²) in [7, 11) is 0. The van der Waals surface area contributed by atoms with Crippen LogP contribution in [0.5, 0.6) is 0 Å². The van der Waals surface area contributed by atoms with Crippen molar-refractivity contribution >= 4 is 29.2 Å². The topological polar surface area (TPSA) is 71.3 Å². The molecule has 0 aliphatic heterocycles. The number of rotatable bonds is 3. The predicted octanol–water partition coefficient (Wildman–Crippen LogP) is 3.01. The van der Waals surface area contributed by atoms with Crippen LogP contribution in [0.3, 0.4) is 0 Å². The molecule has 2 heterocycles. The number of amides is 2. The number of nitrogens with one attached hydrogen (secondary N) is 2. The maximum Gasteiger partial charge on any atom is 0.321 e. The molecule has 0 saturated carbocycles. The van der Waals surface area contributed by atoms with E-state index in [9.17, 15) is 4.79 Å². The molecule has 3 rings (SSSR count). The van der Waals surface area contributed by atoms with Crippen molar-refractivity contribution in [2.24, 2.45) is 0 Å². The number of carbonyl (C=O) groups is 1. The molecule has 0 spiro atoms. The standard InChI is InChI=1S/C15H14ClN5O/c1-10-5-7-11(8-6-10)9-17-15(22)18-14-20-19-13-4-2-3-12(16)21(13)14/h2-8H,9H2,1H3,(H2,17,18,20,22). The summed E-state index contributed by atoms with van der Waals surface area (Å²) in [5, 5.41) is 13.7. The second-order valence-electron chi connectivity index (χ2n) is 4.86. The summed E-state index contributed by atoms with van der Waals surface area (Å²) in [5.41, 5.74) is 2.77. The number of fused-ring (bicyclic) bond motifs is 1. The Bertz CT molecular complexity index is 812. The van der Waals surface area contributed by atoms with Gasteiger partial charge in [0.05, 0.1) is 0 Å². The quantitative estimate of drug-likeness (QED) is 0.730. The largest absolute Gasteiger partial charge is 0.334 e. The second kappa shape index (κ2) is 6.03. The number of hydrogen-bond donors (Lipinski definition) is 2. The summed E-state index contributed by atoms with van der Waals surface area (Å²) in [6.45, 7) is 2.45. The fourth-order valence-corrected chi connectivity index (χ4v) is 2.26. The van der Waals surface area contributed by atoms with Crippen LogP contribution in [0.15, 0.2) is 42.5 Å². The Labute approximate surface area is 132 Å². The third-order valence-corrected chi connectivity index (χ3v) is 3.47. The molecule has 0 atom stereocenters. The van der Waals surface area contributed by atoms with Gasteiger partial charge < -0.3 is 5.32 Å². The lowest BCUT2D eigenvalue weighted by molar-refractivity contribution is 0.251. The molecule has 112 valence electrons. The van der Waals surface area contributed by atoms with E-state index in [1.54, 1.807) is 22.6 Å². The van der Waals surface area contributed by atoms with Crippen molar-refractivity contribution in [2.75, 3.05) is 5.32 Å². The number of carbonyl (C=O) groups excluding carboxylic acids is 1. The van der Waals surface area contributed by atoms with Crippen LogP contribution < -0.4 is 10.6 Å². The number of pyridine rings is 1. The molecule has 0 unspecified atom stereocenters. The zero-order valence-electron chi connectivity index (χ0n) is 11.9. The number of hydrogen-bond acceptors (Lipinski definition) is 3. The van der Waals surface area contributed by atoms with Crippen LogP contribution in [0.4, 0.5) is 10.7 Å². The fraction of sp³-hybridized carbons (Fsp3) is 0.133. The van der Waals surface area contributed by atoms with Gasteiger partial charge in [0.1, 0.15) is 5.15 Å². The average Bonchev–Trinajstić information content (AvgIpc) is 2.91. The van der Waals surface area contributed by atoms with Crippen LogP contribution in [-0.2, 0) is 6.54 Å². The summed E-state index contributed by atoms with van der Waals surface area (Å²) in [6.07, 6.45) is 0. The Morgan fingerprint density at radius 3 is 2.73 bits per heavy atom. The molecule has 2 aromatic heterocycles. The first-order chi connectivity index (χ1) is 10.6. The normalized spacial score (nSPS) is 10.6. The summed E-state index contributed by atoms with van der Waals surface area (Å²) in [5.74, 6) is 0.280. The first kappa shape index (κ1) is 14.3. The van der Waals surface area contributed by atoms with Gasteiger partial charge in [0.15, 0.2) is 5.65 Å². The van der Waals surface area contributed by atoms with Gasteiger partial charge in [0.25, 0.3) is 0 Å².